The van der Waals surface area contributed by atoms with Gasteiger partial charge in [0, 0.05) is 34.9 Å². The summed E-state index contributed by atoms with van der Waals surface area (Å²) in [5, 5.41) is 1.44. The van der Waals surface area contributed by atoms with Crippen LogP contribution in [0.4, 0.5) is 0 Å². The summed E-state index contributed by atoms with van der Waals surface area (Å²) in [5.74, 6) is -0.764. The number of benzene rings is 1. The van der Waals surface area contributed by atoms with E-state index in [0.29, 0.717) is 17.3 Å². The minimum absolute atomic E-state index is 0.270. The van der Waals surface area contributed by atoms with Gasteiger partial charge in [0.25, 0.3) is 5.91 Å². The van der Waals surface area contributed by atoms with Crippen molar-refractivity contribution in [2.24, 2.45) is 16.5 Å². The largest absolute Gasteiger partial charge is 0.370 e. The zero-order chi connectivity index (χ0) is 16.4. The Kier molecular flexibility index (Phi) is 3.99. The first-order chi connectivity index (χ1) is 11.0. The van der Waals surface area contributed by atoms with Crippen molar-refractivity contribution in [3.63, 3.8) is 0 Å². The lowest BCUT2D eigenvalue weighted by Crippen LogP contribution is -2.24. The zero-order valence-electron chi connectivity index (χ0n) is 12.1. The Balaban J connectivity index is 2.15. The average Bonchev–Trinajstić information content (AvgIpc) is 2.85. The number of nitrogens with zero attached hydrogens (tertiary/aromatic N) is 3. The minimum atomic E-state index is -0.494. The summed E-state index contributed by atoms with van der Waals surface area (Å²) in [6, 6.07) is 10.9. The van der Waals surface area contributed by atoms with Crippen LogP contribution in [-0.4, -0.2) is 21.4 Å². The molecule has 3 rings (SSSR count). The summed E-state index contributed by atoms with van der Waals surface area (Å²) in [5.41, 5.74) is 12.9. The first kappa shape index (κ1) is 15.1. The van der Waals surface area contributed by atoms with Gasteiger partial charge in [0.2, 0.25) is 0 Å². The van der Waals surface area contributed by atoms with Crippen molar-refractivity contribution in [2.45, 2.75) is 6.54 Å². The van der Waals surface area contributed by atoms with E-state index < -0.39 is 5.91 Å². The fourth-order valence-electron chi connectivity index (χ4n) is 2.43. The van der Waals surface area contributed by atoms with E-state index in [0.717, 1.165) is 16.5 Å². The van der Waals surface area contributed by atoms with Crippen LogP contribution < -0.4 is 11.5 Å². The Morgan fingerprint density at radius 3 is 2.61 bits per heavy atom. The zero-order valence-corrected chi connectivity index (χ0v) is 12.9. The highest BCUT2D eigenvalue weighted by molar-refractivity contribution is 6.31. The summed E-state index contributed by atoms with van der Waals surface area (Å²) in [4.78, 5) is 19.9. The van der Waals surface area contributed by atoms with Gasteiger partial charge in [-0.05, 0) is 42.0 Å². The van der Waals surface area contributed by atoms with Gasteiger partial charge in [-0.1, -0.05) is 11.6 Å². The molecule has 0 unspecified atom stereocenters. The maximum Gasteiger partial charge on any atom is 0.296 e. The summed E-state index contributed by atoms with van der Waals surface area (Å²) < 4.78 is 1.86. The van der Waals surface area contributed by atoms with E-state index in [1.807, 2.05) is 22.8 Å². The summed E-state index contributed by atoms with van der Waals surface area (Å²) in [6.45, 7) is 0.495. The smallest absolute Gasteiger partial charge is 0.296 e. The predicted molar refractivity (Wildman–Crippen MR) is 90.4 cm³/mol. The highest BCUT2D eigenvalue weighted by atomic mass is 35.5. The molecule has 0 fully saturated rings. The molecular weight excluding hydrogens is 314 g/mol. The normalized spacial score (nSPS) is 10.7. The third-order valence-corrected chi connectivity index (χ3v) is 3.64. The predicted octanol–water partition coefficient (Wildman–Crippen LogP) is 2.15. The number of aliphatic imine (C=N–C) groups is 1. The Hall–Kier alpha value is -2.86. The monoisotopic (exact) mass is 327 g/mol. The van der Waals surface area contributed by atoms with Crippen molar-refractivity contribution >= 4 is 34.4 Å². The molecule has 7 heteroatoms. The van der Waals surface area contributed by atoms with Gasteiger partial charge in [-0.15, -0.1) is 0 Å². The molecule has 1 amide bonds. The molecule has 1 aromatic carbocycles. The van der Waals surface area contributed by atoms with Crippen molar-refractivity contribution in [1.29, 1.82) is 0 Å². The SMILES string of the molecule is NC(N)=NC(=O)c1cc2cc(Cl)ccc2n1Cc1ccncc1. The molecule has 2 aromatic heterocycles. The van der Waals surface area contributed by atoms with Crippen LogP contribution in [0.5, 0.6) is 0 Å². The molecule has 0 atom stereocenters. The average molecular weight is 328 g/mol. The molecule has 0 bridgehead atoms. The van der Waals surface area contributed by atoms with Crippen molar-refractivity contribution < 1.29 is 4.79 Å². The van der Waals surface area contributed by atoms with Crippen molar-refractivity contribution in [2.75, 3.05) is 0 Å². The molecule has 2 heterocycles. The Labute approximate surface area is 137 Å². The van der Waals surface area contributed by atoms with Crippen LogP contribution in [-0.2, 0) is 6.54 Å². The molecule has 4 N–H and O–H groups in total. The molecular formula is C16H14ClN5O. The highest BCUT2D eigenvalue weighted by Gasteiger charge is 2.16. The van der Waals surface area contributed by atoms with Gasteiger partial charge < -0.3 is 16.0 Å². The van der Waals surface area contributed by atoms with E-state index in [2.05, 4.69) is 9.98 Å². The molecule has 0 saturated heterocycles. The molecule has 0 aliphatic heterocycles. The van der Waals surface area contributed by atoms with Gasteiger partial charge in [0.05, 0.1) is 0 Å². The summed E-state index contributed by atoms with van der Waals surface area (Å²) >= 11 is 6.03. The second-order valence-corrected chi connectivity index (χ2v) is 5.45. The lowest BCUT2D eigenvalue weighted by Gasteiger charge is -2.09. The number of halogens is 1. The molecule has 0 radical (unpaired) electrons. The number of hydrogen-bond acceptors (Lipinski definition) is 2. The van der Waals surface area contributed by atoms with E-state index in [4.69, 9.17) is 23.1 Å². The van der Waals surface area contributed by atoms with E-state index in [1.54, 1.807) is 30.6 Å². The van der Waals surface area contributed by atoms with Gasteiger partial charge in [-0.3, -0.25) is 9.78 Å². The van der Waals surface area contributed by atoms with Gasteiger partial charge in [-0.25, -0.2) is 0 Å². The molecule has 0 aliphatic carbocycles. The molecule has 0 spiro atoms. The van der Waals surface area contributed by atoms with Gasteiger partial charge in [0.1, 0.15) is 5.69 Å². The quantitative estimate of drug-likeness (QED) is 0.568. The van der Waals surface area contributed by atoms with Crippen LogP contribution in [0.1, 0.15) is 16.1 Å². The van der Waals surface area contributed by atoms with E-state index in [1.165, 1.54) is 0 Å². The second-order valence-electron chi connectivity index (χ2n) is 5.02. The van der Waals surface area contributed by atoms with Crippen LogP contribution in [0.2, 0.25) is 5.02 Å². The highest BCUT2D eigenvalue weighted by Crippen LogP contribution is 2.25. The van der Waals surface area contributed by atoms with Gasteiger partial charge in [0.15, 0.2) is 5.96 Å². The lowest BCUT2D eigenvalue weighted by molar-refractivity contribution is 0.0995. The van der Waals surface area contributed by atoms with E-state index in [9.17, 15) is 4.79 Å². The van der Waals surface area contributed by atoms with Crippen molar-refractivity contribution in [3.8, 4) is 0 Å². The number of pyridine rings is 1. The number of rotatable bonds is 3. The summed E-state index contributed by atoms with van der Waals surface area (Å²) in [7, 11) is 0. The van der Waals surface area contributed by atoms with Crippen LogP contribution in [0.25, 0.3) is 10.9 Å². The first-order valence-electron chi connectivity index (χ1n) is 6.86. The number of guanidine groups is 1. The molecule has 6 nitrogen and oxygen atoms in total. The van der Waals surface area contributed by atoms with Crippen LogP contribution in [0.15, 0.2) is 53.8 Å². The number of amides is 1. The number of fused-ring (bicyclic) bond motifs is 1. The molecule has 116 valence electrons. The topological polar surface area (TPSA) is 99.3 Å². The van der Waals surface area contributed by atoms with Crippen molar-refractivity contribution in [3.05, 3.63) is 65.1 Å². The fourth-order valence-corrected chi connectivity index (χ4v) is 2.62. The first-order valence-corrected chi connectivity index (χ1v) is 7.24. The van der Waals surface area contributed by atoms with E-state index >= 15 is 0 Å². The Morgan fingerprint density at radius 1 is 1.17 bits per heavy atom. The molecule has 23 heavy (non-hydrogen) atoms. The van der Waals surface area contributed by atoms with Crippen LogP contribution in [0, 0.1) is 0 Å². The third kappa shape index (κ3) is 3.17. The van der Waals surface area contributed by atoms with Crippen LogP contribution in [0.3, 0.4) is 0 Å². The number of carbonyl (C=O) groups excluding carboxylic acids is 1. The van der Waals surface area contributed by atoms with Gasteiger partial charge >= 0.3 is 0 Å². The molecule has 3 aromatic rings. The maximum atomic E-state index is 12.3. The van der Waals surface area contributed by atoms with Crippen molar-refractivity contribution in [1.82, 2.24) is 9.55 Å². The second kappa shape index (κ2) is 6.10. The minimum Gasteiger partial charge on any atom is -0.370 e. The fraction of sp³-hybridized carbons (Fsp3) is 0.0625. The number of aromatic nitrogens is 2. The Morgan fingerprint density at radius 2 is 1.91 bits per heavy atom. The molecule has 0 aliphatic rings. The maximum absolute atomic E-state index is 12.3. The summed E-state index contributed by atoms with van der Waals surface area (Å²) in [6.07, 6.45) is 3.41. The number of nitrogens with two attached hydrogens (primary N) is 2. The number of carbonyl (C=O) groups is 1. The lowest BCUT2D eigenvalue weighted by atomic mass is 10.2. The van der Waals surface area contributed by atoms with E-state index in [-0.39, 0.29) is 5.96 Å². The van der Waals surface area contributed by atoms with Gasteiger partial charge in [-0.2, -0.15) is 4.99 Å². The third-order valence-electron chi connectivity index (χ3n) is 3.40. The van der Waals surface area contributed by atoms with Crippen LogP contribution >= 0.6 is 11.6 Å². The number of hydrogen-bond donors (Lipinski definition) is 2. The Bertz CT molecular complexity index is 897. The standard InChI is InChI=1S/C16H14ClN5O/c17-12-1-2-13-11(7-12)8-14(15(23)21-16(18)19)22(13)9-10-3-5-20-6-4-10/h1-8H,9H2,(H4,18,19,21,23). The molecule has 0 saturated carbocycles.